The molecule has 0 aromatic carbocycles. The van der Waals surface area contributed by atoms with Crippen molar-refractivity contribution in [2.75, 3.05) is 25.6 Å². The van der Waals surface area contributed by atoms with E-state index in [0.29, 0.717) is 12.0 Å². The van der Waals surface area contributed by atoms with Crippen molar-refractivity contribution in [2.24, 2.45) is 5.92 Å². The Balaban J connectivity index is 1.53. The van der Waals surface area contributed by atoms with E-state index in [2.05, 4.69) is 15.6 Å². The lowest BCUT2D eigenvalue weighted by atomic mass is 9.80. The van der Waals surface area contributed by atoms with Gasteiger partial charge in [-0.2, -0.15) is 0 Å². The fourth-order valence-electron chi connectivity index (χ4n) is 2.79. The van der Waals surface area contributed by atoms with Gasteiger partial charge in [-0.05, 0) is 38.6 Å². The van der Waals surface area contributed by atoms with E-state index in [9.17, 15) is 4.79 Å². The van der Waals surface area contributed by atoms with Crippen molar-refractivity contribution >= 4 is 22.4 Å². The summed E-state index contributed by atoms with van der Waals surface area (Å²) in [6.07, 6.45) is 5.89. The molecule has 1 aliphatic carbocycles. The molecule has 1 saturated carbocycles. The van der Waals surface area contributed by atoms with Crippen LogP contribution in [-0.2, 0) is 9.53 Å². The molecule has 2 aliphatic rings. The summed E-state index contributed by atoms with van der Waals surface area (Å²) in [7, 11) is 1.94. The normalized spacial score (nSPS) is 27.1. The first-order chi connectivity index (χ1) is 9.76. The van der Waals surface area contributed by atoms with Gasteiger partial charge in [0.05, 0.1) is 0 Å². The summed E-state index contributed by atoms with van der Waals surface area (Å²) in [5.41, 5.74) is 0. The highest BCUT2D eigenvalue weighted by molar-refractivity contribution is 7.15. The second-order valence-electron chi connectivity index (χ2n) is 5.60. The lowest BCUT2D eigenvalue weighted by Crippen LogP contribution is -2.44. The van der Waals surface area contributed by atoms with Gasteiger partial charge in [0.2, 0.25) is 5.91 Å². The Morgan fingerprint density at radius 2 is 2.15 bits per heavy atom. The quantitative estimate of drug-likeness (QED) is 0.891. The molecule has 2 heterocycles. The first kappa shape index (κ1) is 14.0. The van der Waals surface area contributed by atoms with Gasteiger partial charge in [0, 0.05) is 36.2 Å². The summed E-state index contributed by atoms with van der Waals surface area (Å²) in [4.78, 5) is 17.7. The number of hydrogen-bond acceptors (Lipinski definition) is 5. The number of nitrogens with zero attached hydrogens (tertiary/aromatic N) is 1. The third-order valence-corrected chi connectivity index (χ3v) is 5.37. The fraction of sp³-hybridized carbons (Fsp3) is 0.714. The zero-order chi connectivity index (χ0) is 13.9. The number of carbonyl (C=O) groups is 1. The Hall–Kier alpha value is -0.980. The van der Waals surface area contributed by atoms with Gasteiger partial charge in [-0.25, -0.2) is 4.98 Å². The lowest BCUT2D eigenvalue weighted by molar-refractivity contribution is -0.122. The maximum absolute atomic E-state index is 12.0. The van der Waals surface area contributed by atoms with Crippen LogP contribution in [0, 0.1) is 5.92 Å². The number of anilines is 1. The summed E-state index contributed by atoms with van der Waals surface area (Å²) in [5.74, 6) is 0.802. The predicted molar refractivity (Wildman–Crippen MR) is 79.1 cm³/mol. The topological polar surface area (TPSA) is 63.2 Å². The van der Waals surface area contributed by atoms with Crippen molar-refractivity contribution in [1.82, 2.24) is 10.3 Å². The van der Waals surface area contributed by atoms with Gasteiger partial charge >= 0.3 is 0 Å². The van der Waals surface area contributed by atoms with Gasteiger partial charge in [0.25, 0.3) is 0 Å². The number of amides is 1. The minimum Gasteiger partial charge on any atom is -0.381 e. The molecular formula is C14H21N3O2S. The fourth-order valence-corrected chi connectivity index (χ4v) is 3.78. The van der Waals surface area contributed by atoms with Crippen molar-refractivity contribution in [3.63, 3.8) is 0 Å². The Morgan fingerprint density at radius 1 is 1.40 bits per heavy atom. The Kier molecular flexibility index (Phi) is 4.33. The molecule has 0 atom stereocenters. The van der Waals surface area contributed by atoms with E-state index in [0.717, 1.165) is 44.0 Å². The second-order valence-corrected chi connectivity index (χ2v) is 6.66. The first-order valence-electron chi connectivity index (χ1n) is 7.28. The van der Waals surface area contributed by atoms with E-state index < -0.39 is 0 Å². The molecule has 5 nitrogen and oxygen atoms in total. The third kappa shape index (κ3) is 3.02. The SMILES string of the molecule is CNC1CC(C(=O)Nc2ncc(C3CCOCC3)s2)C1. The summed E-state index contributed by atoms with van der Waals surface area (Å²) < 4.78 is 5.38. The number of rotatable bonds is 4. The van der Waals surface area contributed by atoms with Crippen molar-refractivity contribution in [3.8, 4) is 0 Å². The van der Waals surface area contributed by atoms with Crippen molar-refractivity contribution in [2.45, 2.75) is 37.6 Å². The number of aromatic nitrogens is 1. The van der Waals surface area contributed by atoms with Crippen LogP contribution in [0.2, 0.25) is 0 Å². The molecule has 1 aromatic rings. The molecule has 0 unspecified atom stereocenters. The van der Waals surface area contributed by atoms with Crippen LogP contribution >= 0.6 is 11.3 Å². The van der Waals surface area contributed by atoms with E-state index in [1.807, 2.05) is 13.2 Å². The highest BCUT2D eigenvalue weighted by atomic mass is 32.1. The molecule has 110 valence electrons. The number of thiazole rings is 1. The van der Waals surface area contributed by atoms with Gasteiger partial charge in [-0.1, -0.05) is 0 Å². The highest BCUT2D eigenvalue weighted by Gasteiger charge is 2.33. The molecule has 1 amide bonds. The molecule has 0 bridgehead atoms. The number of hydrogen-bond donors (Lipinski definition) is 2. The highest BCUT2D eigenvalue weighted by Crippen LogP contribution is 2.34. The van der Waals surface area contributed by atoms with Gasteiger partial charge in [-0.3, -0.25) is 4.79 Å². The van der Waals surface area contributed by atoms with Crippen LogP contribution < -0.4 is 10.6 Å². The molecule has 0 radical (unpaired) electrons. The maximum atomic E-state index is 12.0. The largest absolute Gasteiger partial charge is 0.381 e. The molecule has 0 spiro atoms. The molecule has 20 heavy (non-hydrogen) atoms. The minimum absolute atomic E-state index is 0.115. The van der Waals surface area contributed by atoms with Crippen molar-refractivity contribution < 1.29 is 9.53 Å². The van der Waals surface area contributed by atoms with E-state index >= 15 is 0 Å². The second kappa shape index (κ2) is 6.20. The monoisotopic (exact) mass is 295 g/mol. The molecule has 1 aromatic heterocycles. The van der Waals surface area contributed by atoms with Crippen LogP contribution in [0.25, 0.3) is 0 Å². The Labute approximate surface area is 123 Å². The lowest BCUT2D eigenvalue weighted by Gasteiger charge is -2.33. The third-order valence-electron chi connectivity index (χ3n) is 4.29. The smallest absolute Gasteiger partial charge is 0.229 e. The van der Waals surface area contributed by atoms with Crippen LogP contribution in [-0.4, -0.2) is 37.2 Å². The number of carbonyl (C=O) groups excluding carboxylic acids is 1. The minimum atomic E-state index is 0.115. The Bertz CT molecular complexity index is 465. The van der Waals surface area contributed by atoms with Gasteiger partial charge in [0.1, 0.15) is 0 Å². The summed E-state index contributed by atoms with van der Waals surface area (Å²) in [6, 6.07) is 0.500. The van der Waals surface area contributed by atoms with Crippen LogP contribution in [0.4, 0.5) is 5.13 Å². The molecule has 3 rings (SSSR count). The average molecular weight is 295 g/mol. The van der Waals surface area contributed by atoms with Crippen LogP contribution in [0.3, 0.4) is 0 Å². The summed E-state index contributed by atoms with van der Waals surface area (Å²) in [5, 5.41) is 6.89. The number of ether oxygens (including phenoxy) is 1. The molecule has 1 aliphatic heterocycles. The maximum Gasteiger partial charge on any atom is 0.229 e. The van der Waals surface area contributed by atoms with Gasteiger partial charge < -0.3 is 15.4 Å². The van der Waals surface area contributed by atoms with E-state index in [1.165, 1.54) is 4.88 Å². The van der Waals surface area contributed by atoms with E-state index in [4.69, 9.17) is 4.74 Å². The average Bonchev–Trinajstić information content (AvgIpc) is 2.87. The number of nitrogens with one attached hydrogen (secondary N) is 2. The predicted octanol–water partition coefficient (Wildman–Crippen LogP) is 1.97. The van der Waals surface area contributed by atoms with E-state index in [1.54, 1.807) is 11.3 Å². The molecule has 2 fully saturated rings. The first-order valence-corrected chi connectivity index (χ1v) is 8.09. The molecule has 2 N–H and O–H groups in total. The Morgan fingerprint density at radius 3 is 2.85 bits per heavy atom. The zero-order valence-corrected chi connectivity index (χ0v) is 12.5. The van der Waals surface area contributed by atoms with Crippen LogP contribution in [0.1, 0.15) is 36.5 Å². The molecule has 6 heteroatoms. The molecular weight excluding hydrogens is 274 g/mol. The molecule has 1 saturated heterocycles. The summed E-state index contributed by atoms with van der Waals surface area (Å²) in [6.45, 7) is 1.66. The van der Waals surface area contributed by atoms with Gasteiger partial charge in [0.15, 0.2) is 5.13 Å². The van der Waals surface area contributed by atoms with Gasteiger partial charge in [-0.15, -0.1) is 11.3 Å². The van der Waals surface area contributed by atoms with Crippen molar-refractivity contribution in [3.05, 3.63) is 11.1 Å². The summed E-state index contributed by atoms with van der Waals surface area (Å²) >= 11 is 1.61. The standard InChI is InChI=1S/C14H21N3O2S/c1-15-11-6-10(7-11)13(18)17-14-16-8-12(20-14)9-2-4-19-5-3-9/h8-11,15H,2-7H2,1H3,(H,16,17,18). The van der Waals surface area contributed by atoms with Crippen LogP contribution in [0.5, 0.6) is 0 Å². The van der Waals surface area contributed by atoms with Crippen molar-refractivity contribution in [1.29, 1.82) is 0 Å². The van der Waals surface area contributed by atoms with E-state index in [-0.39, 0.29) is 11.8 Å². The zero-order valence-electron chi connectivity index (χ0n) is 11.7. The van der Waals surface area contributed by atoms with Crippen LogP contribution in [0.15, 0.2) is 6.20 Å².